The van der Waals surface area contributed by atoms with E-state index in [9.17, 15) is 14.0 Å². The number of ether oxygens (including phenoxy) is 2. The fourth-order valence-corrected chi connectivity index (χ4v) is 2.48. The summed E-state index contributed by atoms with van der Waals surface area (Å²) >= 11 is 0. The van der Waals surface area contributed by atoms with E-state index in [1.807, 2.05) is 0 Å². The van der Waals surface area contributed by atoms with Gasteiger partial charge in [-0.05, 0) is 35.9 Å². The zero-order valence-corrected chi connectivity index (χ0v) is 13.6. The fraction of sp³-hybridized carbons (Fsp3) is 0.263. The van der Waals surface area contributed by atoms with E-state index in [2.05, 4.69) is 5.32 Å². The van der Waals surface area contributed by atoms with E-state index in [4.69, 9.17) is 9.47 Å². The van der Waals surface area contributed by atoms with Crippen molar-refractivity contribution < 1.29 is 23.5 Å². The van der Waals surface area contributed by atoms with Crippen LogP contribution < -0.4 is 14.8 Å². The molecule has 0 spiro atoms. The molecular weight excluding hydrogens is 325 g/mol. The first-order valence-corrected chi connectivity index (χ1v) is 8.06. The molecule has 130 valence electrons. The molecule has 1 heterocycles. The van der Waals surface area contributed by atoms with Crippen molar-refractivity contribution in [2.24, 2.45) is 0 Å². The standard InChI is InChI=1S/C19H18FNO4/c20-15-4-1-13(2-5-15)12-21-19(23)8-6-16(22)14-3-7-17-18(11-14)25-10-9-24-17/h1-5,7,11H,6,8-10,12H2,(H,21,23). The van der Waals surface area contributed by atoms with E-state index < -0.39 is 0 Å². The normalized spacial score (nSPS) is 12.5. The fourth-order valence-electron chi connectivity index (χ4n) is 2.48. The predicted octanol–water partition coefficient (Wildman–Crippen LogP) is 2.88. The van der Waals surface area contributed by atoms with Gasteiger partial charge in [0.25, 0.3) is 0 Å². The Morgan fingerprint density at radius 2 is 1.68 bits per heavy atom. The van der Waals surface area contributed by atoms with Gasteiger partial charge in [0.15, 0.2) is 17.3 Å². The molecule has 2 aromatic carbocycles. The molecule has 25 heavy (non-hydrogen) atoms. The highest BCUT2D eigenvalue weighted by Gasteiger charge is 2.15. The molecule has 1 amide bonds. The predicted molar refractivity (Wildman–Crippen MR) is 89.2 cm³/mol. The lowest BCUT2D eigenvalue weighted by Gasteiger charge is -2.18. The molecule has 0 atom stereocenters. The summed E-state index contributed by atoms with van der Waals surface area (Å²) in [4.78, 5) is 24.1. The highest BCUT2D eigenvalue weighted by Crippen LogP contribution is 2.31. The largest absolute Gasteiger partial charge is 0.486 e. The van der Waals surface area contributed by atoms with Crippen LogP contribution in [0.15, 0.2) is 42.5 Å². The summed E-state index contributed by atoms with van der Waals surface area (Å²) < 4.78 is 23.7. The molecule has 0 aromatic heterocycles. The van der Waals surface area contributed by atoms with Crippen LogP contribution in [0.25, 0.3) is 0 Å². The Labute approximate surface area is 144 Å². The van der Waals surface area contributed by atoms with E-state index in [1.54, 1.807) is 30.3 Å². The molecule has 1 N–H and O–H groups in total. The zero-order valence-electron chi connectivity index (χ0n) is 13.6. The molecule has 2 aromatic rings. The van der Waals surface area contributed by atoms with Crippen molar-refractivity contribution in [3.63, 3.8) is 0 Å². The number of amides is 1. The van der Waals surface area contributed by atoms with Gasteiger partial charge in [-0.1, -0.05) is 12.1 Å². The average Bonchev–Trinajstić information content (AvgIpc) is 2.65. The highest BCUT2D eigenvalue weighted by atomic mass is 19.1. The first-order chi connectivity index (χ1) is 12.1. The van der Waals surface area contributed by atoms with Crippen LogP contribution in [0, 0.1) is 5.82 Å². The molecule has 0 radical (unpaired) electrons. The summed E-state index contributed by atoms with van der Waals surface area (Å²) in [6, 6.07) is 10.9. The second-order valence-electron chi connectivity index (χ2n) is 5.68. The topological polar surface area (TPSA) is 64.6 Å². The van der Waals surface area contributed by atoms with Crippen LogP contribution in [0.2, 0.25) is 0 Å². The van der Waals surface area contributed by atoms with Gasteiger partial charge in [0.1, 0.15) is 19.0 Å². The molecule has 0 saturated heterocycles. The minimum absolute atomic E-state index is 0.0917. The first-order valence-electron chi connectivity index (χ1n) is 8.06. The number of hydrogen-bond acceptors (Lipinski definition) is 4. The third kappa shape index (κ3) is 4.56. The smallest absolute Gasteiger partial charge is 0.220 e. The van der Waals surface area contributed by atoms with Crippen molar-refractivity contribution in [1.29, 1.82) is 0 Å². The molecule has 5 nitrogen and oxygen atoms in total. The number of carbonyl (C=O) groups is 2. The van der Waals surface area contributed by atoms with Gasteiger partial charge in [0.05, 0.1) is 0 Å². The Kier molecular flexibility index (Phi) is 5.28. The lowest BCUT2D eigenvalue weighted by Crippen LogP contribution is -2.23. The van der Waals surface area contributed by atoms with Crippen LogP contribution in [-0.2, 0) is 11.3 Å². The Morgan fingerprint density at radius 3 is 2.44 bits per heavy atom. The van der Waals surface area contributed by atoms with Crippen molar-refractivity contribution >= 4 is 11.7 Å². The molecule has 6 heteroatoms. The number of rotatable bonds is 6. The molecule has 1 aliphatic heterocycles. The van der Waals surface area contributed by atoms with E-state index in [-0.39, 0.29) is 30.3 Å². The molecule has 0 saturated carbocycles. The van der Waals surface area contributed by atoms with Crippen molar-refractivity contribution in [2.75, 3.05) is 13.2 Å². The minimum atomic E-state index is -0.319. The molecule has 0 aliphatic carbocycles. The van der Waals surface area contributed by atoms with Crippen molar-refractivity contribution in [1.82, 2.24) is 5.32 Å². The monoisotopic (exact) mass is 343 g/mol. The van der Waals surface area contributed by atoms with Gasteiger partial charge in [-0.15, -0.1) is 0 Å². The molecule has 0 unspecified atom stereocenters. The number of halogens is 1. The quantitative estimate of drug-likeness (QED) is 0.819. The molecule has 3 rings (SSSR count). The second-order valence-corrected chi connectivity index (χ2v) is 5.68. The first kappa shape index (κ1) is 17.0. The van der Waals surface area contributed by atoms with E-state index in [0.29, 0.717) is 36.8 Å². The summed E-state index contributed by atoms with van der Waals surface area (Å²) in [6.45, 7) is 1.25. The number of hydrogen-bond donors (Lipinski definition) is 1. The Bertz CT molecular complexity index is 773. The van der Waals surface area contributed by atoms with Crippen LogP contribution in [0.3, 0.4) is 0 Å². The van der Waals surface area contributed by atoms with Gasteiger partial charge in [0, 0.05) is 24.9 Å². The number of nitrogens with one attached hydrogen (secondary N) is 1. The molecule has 0 bridgehead atoms. The van der Waals surface area contributed by atoms with Crippen LogP contribution in [0.4, 0.5) is 4.39 Å². The maximum Gasteiger partial charge on any atom is 0.220 e. The summed E-state index contributed by atoms with van der Waals surface area (Å²) in [6.07, 6.45) is 0.198. The summed E-state index contributed by atoms with van der Waals surface area (Å²) in [7, 11) is 0. The second kappa shape index (κ2) is 7.79. The maximum atomic E-state index is 12.8. The van der Waals surface area contributed by atoms with Gasteiger partial charge in [0.2, 0.25) is 5.91 Å². The third-order valence-electron chi connectivity index (χ3n) is 3.85. The molecular formula is C19H18FNO4. The van der Waals surface area contributed by atoms with Gasteiger partial charge in [-0.25, -0.2) is 4.39 Å². The lowest BCUT2D eigenvalue weighted by atomic mass is 10.1. The summed E-state index contributed by atoms with van der Waals surface area (Å²) in [5, 5.41) is 2.72. The van der Waals surface area contributed by atoms with E-state index in [0.717, 1.165) is 5.56 Å². The summed E-state index contributed by atoms with van der Waals surface area (Å²) in [5.41, 5.74) is 1.29. The Balaban J connectivity index is 1.48. The van der Waals surface area contributed by atoms with Gasteiger partial charge in [-0.3, -0.25) is 9.59 Å². The highest BCUT2D eigenvalue weighted by molar-refractivity contribution is 5.98. The van der Waals surface area contributed by atoms with Crippen LogP contribution in [0.1, 0.15) is 28.8 Å². The number of carbonyl (C=O) groups excluding carboxylic acids is 2. The van der Waals surface area contributed by atoms with Crippen LogP contribution in [-0.4, -0.2) is 24.9 Å². The summed E-state index contributed by atoms with van der Waals surface area (Å²) in [5.74, 6) is 0.502. The number of Topliss-reactive ketones (excluding diaryl/α,β-unsaturated/α-hetero) is 1. The van der Waals surface area contributed by atoms with Crippen LogP contribution in [0.5, 0.6) is 11.5 Å². The third-order valence-corrected chi connectivity index (χ3v) is 3.85. The number of fused-ring (bicyclic) bond motifs is 1. The Morgan fingerprint density at radius 1 is 0.960 bits per heavy atom. The minimum Gasteiger partial charge on any atom is -0.486 e. The molecule has 0 fully saturated rings. The van der Waals surface area contributed by atoms with E-state index in [1.165, 1.54) is 12.1 Å². The van der Waals surface area contributed by atoms with Crippen LogP contribution >= 0.6 is 0 Å². The van der Waals surface area contributed by atoms with Gasteiger partial charge in [-0.2, -0.15) is 0 Å². The van der Waals surface area contributed by atoms with Crippen molar-refractivity contribution in [3.8, 4) is 11.5 Å². The molecule has 1 aliphatic rings. The Hall–Kier alpha value is -2.89. The average molecular weight is 343 g/mol. The number of ketones is 1. The number of benzene rings is 2. The lowest BCUT2D eigenvalue weighted by molar-refractivity contribution is -0.121. The van der Waals surface area contributed by atoms with Gasteiger partial charge < -0.3 is 14.8 Å². The van der Waals surface area contributed by atoms with Crippen molar-refractivity contribution in [2.45, 2.75) is 19.4 Å². The van der Waals surface area contributed by atoms with Gasteiger partial charge >= 0.3 is 0 Å². The van der Waals surface area contributed by atoms with Crippen molar-refractivity contribution in [3.05, 3.63) is 59.4 Å². The van der Waals surface area contributed by atoms with E-state index >= 15 is 0 Å². The zero-order chi connectivity index (χ0) is 17.6. The maximum absolute atomic E-state index is 12.8. The SMILES string of the molecule is O=C(CCC(=O)c1ccc2c(c1)OCCO2)NCc1ccc(F)cc1.